The molecule has 100 valence electrons. The maximum atomic E-state index is 4.48. The fourth-order valence-electron chi connectivity index (χ4n) is 2.41. The molecule has 5 nitrogen and oxygen atoms in total. The van der Waals surface area contributed by atoms with Crippen LogP contribution in [0.4, 0.5) is 5.82 Å². The van der Waals surface area contributed by atoms with Gasteiger partial charge in [-0.1, -0.05) is 0 Å². The Labute approximate surface area is 113 Å². The van der Waals surface area contributed by atoms with Crippen LogP contribution in [0.5, 0.6) is 0 Å². The average Bonchev–Trinajstić information content (AvgIpc) is 3.23. The summed E-state index contributed by atoms with van der Waals surface area (Å²) in [7, 11) is 4.29. The lowest BCUT2D eigenvalue weighted by Gasteiger charge is -2.24. The van der Waals surface area contributed by atoms with Crippen molar-refractivity contribution in [3.05, 3.63) is 24.5 Å². The molecule has 0 spiro atoms. The molecule has 0 amide bonds. The molecule has 1 unspecified atom stereocenters. The van der Waals surface area contributed by atoms with Crippen molar-refractivity contribution in [2.45, 2.75) is 18.9 Å². The van der Waals surface area contributed by atoms with E-state index in [-0.39, 0.29) is 0 Å². The number of anilines is 1. The average molecular weight is 257 g/mol. The summed E-state index contributed by atoms with van der Waals surface area (Å²) < 4.78 is 0. The van der Waals surface area contributed by atoms with E-state index in [1.807, 2.05) is 12.1 Å². The third-order valence-corrected chi connectivity index (χ3v) is 3.65. The number of hydrogen-bond donors (Lipinski definition) is 1. The van der Waals surface area contributed by atoms with Crippen LogP contribution >= 0.6 is 0 Å². The first-order valence-electron chi connectivity index (χ1n) is 6.72. The normalized spacial score (nSPS) is 16.8. The van der Waals surface area contributed by atoms with Crippen molar-refractivity contribution in [1.29, 1.82) is 0 Å². The van der Waals surface area contributed by atoms with E-state index in [1.54, 1.807) is 12.4 Å². The summed E-state index contributed by atoms with van der Waals surface area (Å²) in [5, 5.41) is 3.42. The van der Waals surface area contributed by atoms with Crippen molar-refractivity contribution in [3.63, 3.8) is 0 Å². The van der Waals surface area contributed by atoms with Crippen LogP contribution in [-0.2, 0) is 0 Å². The molecule has 0 aromatic carbocycles. The number of likely N-dealkylation sites (N-methyl/N-ethyl adjacent to an activating group) is 1. The molecule has 1 fully saturated rings. The highest BCUT2D eigenvalue weighted by molar-refractivity contribution is 5.71. The second kappa shape index (κ2) is 5.09. The van der Waals surface area contributed by atoms with Crippen molar-refractivity contribution in [2.75, 3.05) is 26.0 Å². The second-order valence-electron chi connectivity index (χ2n) is 5.34. The van der Waals surface area contributed by atoms with Gasteiger partial charge in [-0.25, -0.2) is 9.97 Å². The number of hydrogen-bond acceptors (Lipinski definition) is 5. The van der Waals surface area contributed by atoms with Gasteiger partial charge in [-0.15, -0.1) is 0 Å². The predicted molar refractivity (Wildman–Crippen MR) is 76.0 cm³/mol. The molecular formula is C14H19N5. The summed E-state index contributed by atoms with van der Waals surface area (Å²) >= 11 is 0. The fourth-order valence-corrected chi connectivity index (χ4v) is 2.41. The summed E-state index contributed by atoms with van der Waals surface area (Å²) in [5.74, 6) is 1.71. The van der Waals surface area contributed by atoms with Gasteiger partial charge in [0.25, 0.3) is 0 Å². The minimum absolute atomic E-state index is 0.583. The lowest BCUT2D eigenvalue weighted by molar-refractivity contribution is 0.276. The Morgan fingerprint density at radius 3 is 2.79 bits per heavy atom. The zero-order chi connectivity index (χ0) is 13.2. The van der Waals surface area contributed by atoms with Crippen LogP contribution in [0.2, 0.25) is 0 Å². The highest BCUT2D eigenvalue weighted by Crippen LogP contribution is 2.34. The Balaban J connectivity index is 1.70. The topological polar surface area (TPSA) is 53.9 Å². The summed E-state index contributed by atoms with van der Waals surface area (Å²) in [6.07, 6.45) is 6.06. The molecule has 1 aliphatic rings. The van der Waals surface area contributed by atoms with Gasteiger partial charge in [0.2, 0.25) is 0 Å². The molecule has 1 N–H and O–H groups in total. The molecule has 1 atom stereocenters. The van der Waals surface area contributed by atoms with E-state index in [0.717, 1.165) is 23.8 Å². The quantitative estimate of drug-likeness (QED) is 0.885. The third-order valence-electron chi connectivity index (χ3n) is 3.65. The first kappa shape index (κ1) is 12.3. The Bertz CT molecular complexity index is 563. The molecule has 5 heteroatoms. The van der Waals surface area contributed by atoms with Crippen LogP contribution in [0.15, 0.2) is 24.5 Å². The van der Waals surface area contributed by atoms with Crippen molar-refractivity contribution < 1.29 is 0 Å². The van der Waals surface area contributed by atoms with Gasteiger partial charge >= 0.3 is 0 Å². The van der Waals surface area contributed by atoms with E-state index in [0.29, 0.717) is 11.7 Å². The lowest BCUT2D eigenvalue weighted by atomic mass is 10.1. The molecule has 2 aromatic rings. The smallest absolute Gasteiger partial charge is 0.180 e. The van der Waals surface area contributed by atoms with E-state index < -0.39 is 0 Å². The van der Waals surface area contributed by atoms with Gasteiger partial charge in [0, 0.05) is 25.0 Å². The molecule has 1 saturated carbocycles. The molecule has 3 rings (SSSR count). The summed E-state index contributed by atoms with van der Waals surface area (Å²) in [5.41, 5.74) is 1.53. The Morgan fingerprint density at radius 1 is 1.26 bits per heavy atom. The van der Waals surface area contributed by atoms with Crippen LogP contribution in [-0.4, -0.2) is 46.5 Å². The zero-order valence-electron chi connectivity index (χ0n) is 11.4. The van der Waals surface area contributed by atoms with Crippen molar-refractivity contribution >= 4 is 17.0 Å². The minimum atomic E-state index is 0.583. The van der Waals surface area contributed by atoms with Gasteiger partial charge in [0.1, 0.15) is 11.3 Å². The molecule has 2 aromatic heterocycles. The van der Waals surface area contributed by atoms with Crippen molar-refractivity contribution in [3.8, 4) is 0 Å². The van der Waals surface area contributed by atoms with Crippen LogP contribution in [0, 0.1) is 5.92 Å². The van der Waals surface area contributed by atoms with Crippen molar-refractivity contribution in [2.24, 2.45) is 5.92 Å². The van der Waals surface area contributed by atoms with Crippen LogP contribution in [0.25, 0.3) is 11.2 Å². The first-order chi connectivity index (χ1) is 9.24. The highest BCUT2D eigenvalue weighted by Gasteiger charge is 2.32. The first-order valence-corrected chi connectivity index (χ1v) is 6.72. The molecular weight excluding hydrogens is 238 g/mol. The molecule has 19 heavy (non-hydrogen) atoms. The lowest BCUT2D eigenvalue weighted by Crippen LogP contribution is -2.36. The predicted octanol–water partition coefficient (Wildman–Crippen LogP) is 1.78. The number of nitrogens with zero attached hydrogens (tertiary/aromatic N) is 4. The fraction of sp³-hybridized carbons (Fsp3) is 0.500. The zero-order valence-corrected chi connectivity index (χ0v) is 11.4. The maximum Gasteiger partial charge on any atom is 0.180 e. The summed E-state index contributed by atoms with van der Waals surface area (Å²) in [6.45, 7) is 0.927. The maximum absolute atomic E-state index is 4.48. The number of aromatic nitrogens is 3. The van der Waals surface area contributed by atoms with Gasteiger partial charge in [0.15, 0.2) is 5.65 Å². The minimum Gasteiger partial charge on any atom is -0.368 e. The standard InChI is InChI=1S/C14H19N5/c1-19(2)12(10-3-4-10)9-17-13-6-5-11-14(18-13)16-8-7-15-11/h5-8,10,12H,3-4,9H2,1-2H3,(H,16,17,18). The number of fused-ring (bicyclic) bond motifs is 1. The van der Waals surface area contributed by atoms with E-state index in [1.165, 1.54) is 12.8 Å². The number of pyridine rings is 1. The van der Waals surface area contributed by atoms with Gasteiger partial charge in [-0.2, -0.15) is 0 Å². The molecule has 0 aliphatic heterocycles. The van der Waals surface area contributed by atoms with Gasteiger partial charge in [-0.05, 0) is 45.0 Å². The monoisotopic (exact) mass is 257 g/mol. The molecule has 1 aliphatic carbocycles. The summed E-state index contributed by atoms with van der Waals surface area (Å²) in [6, 6.07) is 4.51. The Morgan fingerprint density at radius 2 is 2.05 bits per heavy atom. The largest absolute Gasteiger partial charge is 0.368 e. The summed E-state index contributed by atoms with van der Waals surface area (Å²) in [4.78, 5) is 15.2. The Hall–Kier alpha value is -1.75. The van der Waals surface area contributed by atoms with Gasteiger partial charge < -0.3 is 10.2 Å². The van der Waals surface area contributed by atoms with E-state index in [2.05, 4.69) is 39.3 Å². The van der Waals surface area contributed by atoms with Gasteiger partial charge in [-0.3, -0.25) is 4.98 Å². The van der Waals surface area contributed by atoms with Crippen molar-refractivity contribution in [1.82, 2.24) is 19.9 Å². The van der Waals surface area contributed by atoms with Crippen LogP contribution in [0.3, 0.4) is 0 Å². The molecule has 0 radical (unpaired) electrons. The second-order valence-corrected chi connectivity index (χ2v) is 5.34. The van der Waals surface area contributed by atoms with E-state index >= 15 is 0 Å². The van der Waals surface area contributed by atoms with E-state index in [4.69, 9.17) is 0 Å². The highest BCUT2D eigenvalue weighted by atomic mass is 15.1. The molecule has 0 bridgehead atoms. The van der Waals surface area contributed by atoms with E-state index in [9.17, 15) is 0 Å². The number of rotatable bonds is 5. The third kappa shape index (κ3) is 2.81. The van der Waals surface area contributed by atoms with Gasteiger partial charge in [0.05, 0.1) is 0 Å². The molecule has 0 saturated heterocycles. The van der Waals surface area contributed by atoms with Crippen LogP contribution in [0.1, 0.15) is 12.8 Å². The SMILES string of the molecule is CN(C)C(CNc1ccc2nccnc2n1)C1CC1. The van der Waals surface area contributed by atoms with Crippen LogP contribution < -0.4 is 5.32 Å². The molecule has 2 heterocycles. The Kier molecular flexibility index (Phi) is 3.29. The number of nitrogens with one attached hydrogen (secondary N) is 1.